The van der Waals surface area contributed by atoms with Gasteiger partial charge in [0.1, 0.15) is 0 Å². The van der Waals surface area contributed by atoms with Crippen LogP contribution in [0.1, 0.15) is 37.3 Å². The van der Waals surface area contributed by atoms with Crippen molar-refractivity contribution in [3.8, 4) is 0 Å². The largest absolute Gasteiger partial charge is 0.330 e. The number of pyridine rings is 1. The molecule has 0 bridgehead atoms. The number of hydrogen-bond acceptors (Lipinski definition) is 2. The van der Waals surface area contributed by atoms with E-state index in [1.54, 1.807) is 0 Å². The van der Waals surface area contributed by atoms with Gasteiger partial charge in [-0.3, -0.25) is 4.98 Å². The highest BCUT2D eigenvalue weighted by Gasteiger charge is 2.38. The second-order valence-electron chi connectivity index (χ2n) is 4.22. The zero-order chi connectivity index (χ0) is 10.0. The van der Waals surface area contributed by atoms with Gasteiger partial charge < -0.3 is 5.73 Å². The highest BCUT2D eigenvalue weighted by atomic mass is 14.7. The van der Waals surface area contributed by atoms with E-state index in [0.717, 1.165) is 13.0 Å². The molecule has 0 amide bonds. The minimum atomic E-state index is 0.263. The van der Waals surface area contributed by atoms with E-state index < -0.39 is 0 Å². The van der Waals surface area contributed by atoms with Crippen LogP contribution >= 0.6 is 0 Å². The van der Waals surface area contributed by atoms with Gasteiger partial charge in [0.25, 0.3) is 0 Å². The van der Waals surface area contributed by atoms with E-state index in [9.17, 15) is 0 Å². The Morgan fingerprint density at radius 1 is 1.50 bits per heavy atom. The predicted molar refractivity (Wildman–Crippen MR) is 58.2 cm³/mol. The summed E-state index contributed by atoms with van der Waals surface area (Å²) in [7, 11) is 0. The Kier molecular flexibility index (Phi) is 2.55. The molecular weight excluding hydrogens is 172 g/mol. The molecule has 0 atom stereocenters. The van der Waals surface area contributed by atoms with Gasteiger partial charge in [0.2, 0.25) is 0 Å². The Hall–Kier alpha value is -0.890. The molecule has 76 valence electrons. The van der Waals surface area contributed by atoms with E-state index in [2.05, 4.69) is 18.0 Å². The number of hydrogen-bond donors (Lipinski definition) is 1. The quantitative estimate of drug-likeness (QED) is 0.792. The highest BCUT2D eigenvalue weighted by molar-refractivity contribution is 5.34. The van der Waals surface area contributed by atoms with E-state index in [1.165, 1.54) is 30.4 Å². The van der Waals surface area contributed by atoms with Gasteiger partial charge in [-0.1, -0.05) is 13.3 Å². The second-order valence-corrected chi connectivity index (χ2v) is 4.22. The molecule has 1 aliphatic carbocycles. The van der Waals surface area contributed by atoms with Gasteiger partial charge in [0, 0.05) is 24.4 Å². The first-order valence-corrected chi connectivity index (χ1v) is 5.46. The monoisotopic (exact) mass is 190 g/mol. The maximum Gasteiger partial charge on any atom is 0.0308 e. The SMILES string of the molecule is CCc1ccncc1C1(CN)CCC1. The Bertz CT molecular complexity index is 310. The summed E-state index contributed by atoms with van der Waals surface area (Å²) in [5.74, 6) is 0. The van der Waals surface area contributed by atoms with Gasteiger partial charge in [-0.15, -0.1) is 0 Å². The number of nitrogens with two attached hydrogens (primary N) is 1. The molecule has 0 aromatic carbocycles. The number of aromatic nitrogens is 1. The van der Waals surface area contributed by atoms with E-state index in [4.69, 9.17) is 5.73 Å². The zero-order valence-corrected chi connectivity index (χ0v) is 8.79. The summed E-state index contributed by atoms with van der Waals surface area (Å²) < 4.78 is 0. The summed E-state index contributed by atoms with van der Waals surface area (Å²) in [5, 5.41) is 0. The summed E-state index contributed by atoms with van der Waals surface area (Å²) in [6.45, 7) is 2.97. The van der Waals surface area contributed by atoms with E-state index in [0.29, 0.717) is 0 Å². The van der Waals surface area contributed by atoms with E-state index >= 15 is 0 Å². The lowest BCUT2D eigenvalue weighted by Gasteiger charge is -2.42. The third-order valence-electron chi connectivity index (χ3n) is 3.57. The molecule has 1 aliphatic rings. The van der Waals surface area contributed by atoms with Crippen LogP contribution in [0, 0.1) is 0 Å². The standard InChI is InChI=1S/C12H18N2/c1-2-10-4-7-14-8-11(10)12(9-13)5-3-6-12/h4,7-8H,2-3,5-6,9,13H2,1H3. The minimum absolute atomic E-state index is 0.263. The minimum Gasteiger partial charge on any atom is -0.330 e. The lowest BCUT2D eigenvalue weighted by atomic mass is 9.63. The van der Waals surface area contributed by atoms with Crippen LogP contribution in [0.25, 0.3) is 0 Å². The fourth-order valence-corrected chi connectivity index (χ4v) is 2.40. The Labute approximate surface area is 85.5 Å². The normalized spacial score (nSPS) is 19.0. The molecule has 2 heteroatoms. The topological polar surface area (TPSA) is 38.9 Å². The van der Waals surface area contributed by atoms with Crippen molar-refractivity contribution in [3.05, 3.63) is 29.6 Å². The van der Waals surface area contributed by atoms with E-state index in [1.807, 2.05) is 12.4 Å². The van der Waals surface area contributed by atoms with Gasteiger partial charge in [-0.2, -0.15) is 0 Å². The maximum atomic E-state index is 5.90. The molecule has 2 nitrogen and oxygen atoms in total. The lowest BCUT2D eigenvalue weighted by Crippen LogP contribution is -2.42. The molecule has 1 aromatic heterocycles. The Balaban J connectivity index is 2.38. The first-order valence-electron chi connectivity index (χ1n) is 5.46. The maximum absolute atomic E-state index is 5.90. The Morgan fingerprint density at radius 3 is 2.79 bits per heavy atom. The van der Waals surface area contributed by atoms with E-state index in [-0.39, 0.29) is 5.41 Å². The van der Waals surface area contributed by atoms with Gasteiger partial charge in [-0.05, 0) is 36.5 Å². The molecule has 2 rings (SSSR count). The van der Waals surface area contributed by atoms with Gasteiger partial charge in [-0.25, -0.2) is 0 Å². The summed E-state index contributed by atoms with van der Waals surface area (Å²) in [5.41, 5.74) is 8.98. The highest BCUT2D eigenvalue weighted by Crippen LogP contribution is 2.43. The van der Waals surface area contributed by atoms with Gasteiger partial charge in [0.05, 0.1) is 0 Å². The average Bonchev–Trinajstić information content (AvgIpc) is 2.18. The number of nitrogens with zero attached hydrogens (tertiary/aromatic N) is 1. The smallest absolute Gasteiger partial charge is 0.0308 e. The van der Waals surface area contributed by atoms with Crippen molar-refractivity contribution in [2.75, 3.05) is 6.54 Å². The van der Waals surface area contributed by atoms with Crippen LogP contribution in [0.3, 0.4) is 0 Å². The summed E-state index contributed by atoms with van der Waals surface area (Å²) in [4.78, 5) is 4.23. The molecule has 1 aromatic rings. The van der Waals surface area contributed by atoms with Crippen LogP contribution in [0.4, 0.5) is 0 Å². The summed E-state index contributed by atoms with van der Waals surface area (Å²) in [6.07, 6.45) is 8.77. The van der Waals surface area contributed by atoms with Crippen molar-refractivity contribution in [1.29, 1.82) is 0 Å². The average molecular weight is 190 g/mol. The van der Waals surface area contributed by atoms with Gasteiger partial charge >= 0.3 is 0 Å². The molecule has 0 unspecified atom stereocenters. The van der Waals surface area contributed by atoms with Crippen molar-refractivity contribution in [1.82, 2.24) is 4.98 Å². The zero-order valence-electron chi connectivity index (χ0n) is 8.79. The lowest BCUT2D eigenvalue weighted by molar-refractivity contribution is 0.250. The third kappa shape index (κ3) is 1.34. The summed E-state index contributed by atoms with van der Waals surface area (Å²) in [6, 6.07) is 2.13. The molecule has 1 heterocycles. The molecule has 2 N–H and O–H groups in total. The fraction of sp³-hybridized carbons (Fsp3) is 0.583. The molecule has 0 spiro atoms. The second kappa shape index (κ2) is 3.70. The van der Waals surface area contributed by atoms with Crippen LogP contribution in [-0.2, 0) is 11.8 Å². The molecule has 0 radical (unpaired) electrons. The molecule has 0 saturated heterocycles. The number of aryl methyl sites for hydroxylation is 1. The predicted octanol–water partition coefficient (Wildman–Crippen LogP) is 2.02. The van der Waals surface area contributed by atoms with Crippen LogP contribution in [-0.4, -0.2) is 11.5 Å². The van der Waals surface area contributed by atoms with Crippen molar-refractivity contribution >= 4 is 0 Å². The van der Waals surface area contributed by atoms with Crippen molar-refractivity contribution in [2.45, 2.75) is 38.0 Å². The van der Waals surface area contributed by atoms with Crippen molar-refractivity contribution in [3.63, 3.8) is 0 Å². The fourth-order valence-electron chi connectivity index (χ4n) is 2.40. The summed E-state index contributed by atoms with van der Waals surface area (Å²) >= 11 is 0. The van der Waals surface area contributed by atoms with Crippen LogP contribution in [0.2, 0.25) is 0 Å². The van der Waals surface area contributed by atoms with Crippen molar-refractivity contribution in [2.24, 2.45) is 5.73 Å². The molecule has 0 aliphatic heterocycles. The molecule has 14 heavy (non-hydrogen) atoms. The first-order chi connectivity index (χ1) is 6.82. The van der Waals surface area contributed by atoms with Crippen LogP contribution < -0.4 is 5.73 Å². The molecular formula is C12H18N2. The number of rotatable bonds is 3. The third-order valence-corrected chi connectivity index (χ3v) is 3.57. The molecule has 1 saturated carbocycles. The first kappa shape index (κ1) is 9.66. The van der Waals surface area contributed by atoms with Gasteiger partial charge in [0.15, 0.2) is 0 Å². The Morgan fingerprint density at radius 2 is 2.29 bits per heavy atom. The van der Waals surface area contributed by atoms with Crippen LogP contribution in [0.15, 0.2) is 18.5 Å². The van der Waals surface area contributed by atoms with Crippen molar-refractivity contribution < 1.29 is 0 Å². The molecule has 1 fully saturated rings. The van der Waals surface area contributed by atoms with Crippen LogP contribution in [0.5, 0.6) is 0 Å².